The Bertz CT molecular complexity index is 863. The highest BCUT2D eigenvalue weighted by molar-refractivity contribution is 6.07. The van der Waals surface area contributed by atoms with Gasteiger partial charge in [-0.05, 0) is 38.0 Å². The van der Waals surface area contributed by atoms with E-state index in [-0.39, 0.29) is 17.9 Å². The van der Waals surface area contributed by atoms with E-state index in [0.29, 0.717) is 31.7 Å². The predicted octanol–water partition coefficient (Wildman–Crippen LogP) is 2.14. The summed E-state index contributed by atoms with van der Waals surface area (Å²) in [6, 6.07) is 5.59. The molecular weight excluding hydrogens is 330 g/mol. The largest absolute Gasteiger partial charge is 0.383 e. The van der Waals surface area contributed by atoms with Crippen molar-refractivity contribution in [2.24, 2.45) is 0 Å². The zero-order valence-electron chi connectivity index (χ0n) is 15.8. The maximum atomic E-state index is 12.9. The van der Waals surface area contributed by atoms with Gasteiger partial charge in [-0.25, -0.2) is 0 Å². The lowest BCUT2D eigenvalue weighted by molar-refractivity contribution is -0.128. The van der Waals surface area contributed by atoms with Gasteiger partial charge in [-0.3, -0.25) is 14.6 Å². The Morgan fingerprint density at radius 3 is 2.85 bits per heavy atom. The normalized spacial score (nSPS) is 17.2. The highest BCUT2D eigenvalue weighted by Gasteiger charge is 2.30. The second kappa shape index (κ2) is 7.41. The first-order chi connectivity index (χ1) is 12.4. The molecule has 0 saturated carbocycles. The molecule has 6 heteroatoms. The maximum absolute atomic E-state index is 12.9. The third kappa shape index (κ3) is 3.55. The second-order valence-corrected chi connectivity index (χ2v) is 6.92. The number of benzene rings is 1. The Labute approximate surface area is 153 Å². The molecule has 1 saturated heterocycles. The number of carbonyl (C=O) groups excluding carboxylic acids is 2. The Hall–Kier alpha value is -2.47. The zero-order valence-corrected chi connectivity index (χ0v) is 15.8. The number of nitrogens with zero attached hydrogens (tertiary/aromatic N) is 2. The minimum Gasteiger partial charge on any atom is -0.383 e. The molecule has 1 aliphatic heterocycles. The van der Waals surface area contributed by atoms with E-state index in [1.54, 1.807) is 12.0 Å². The van der Waals surface area contributed by atoms with Crippen molar-refractivity contribution in [2.45, 2.75) is 33.2 Å². The van der Waals surface area contributed by atoms with Crippen LogP contribution in [0.3, 0.4) is 0 Å². The lowest BCUT2D eigenvalue weighted by Crippen LogP contribution is -2.38. The van der Waals surface area contributed by atoms with Crippen molar-refractivity contribution in [1.82, 2.24) is 15.2 Å². The molecule has 0 bridgehead atoms. The number of methoxy groups -OCH3 is 1. The van der Waals surface area contributed by atoms with Gasteiger partial charge in [0.1, 0.15) is 0 Å². The van der Waals surface area contributed by atoms with E-state index in [1.807, 2.05) is 39.0 Å². The van der Waals surface area contributed by atoms with Gasteiger partial charge in [0.25, 0.3) is 5.91 Å². The van der Waals surface area contributed by atoms with Crippen LogP contribution in [-0.4, -0.2) is 54.5 Å². The van der Waals surface area contributed by atoms with E-state index in [9.17, 15) is 9.59 Å². The molecule has 26 heavy (non-hydrogen) atoms. The summed E-state index contributed by atoms with van der Waals surface area (Å²) in [5, 5.41) is 3.86. The first kappa shape index (κ1) is 18.3. The second-order valence-electron chi connectivity index (χ2n) is 6.92. The summed E-state index contributed by atoms with van der Waals surface area (Å²) < 4.78 is 5.03. The fourth-order valence-electron chi connectivity index (χ4n) is 3.40. The molecule has 2 heterocycles. The van der Waals surface area contributed by atoms with Crippen LogP contribution in [0.2, 0.25) is 0 Å². The molecule has 1 aromatic heterocycles. The first-order valence-corrected chi connectivity index (χ1v) is 8.86. The van der Waals surface area contributed by atoms with Crippen LogP contribution in [0.4, 0.5) is 0 Å². The number of ether oxygens (including phenoxy) is 1. The minimum absolute atomic E-state index is 0.0505. The Kier molecular flexibility index (Phi) is 5.23. The van der Waals surface area contributed by atoms with E-state index in [4.69, 9.17) is 4.74 Å². The SMILES string of the molecule is COCCN1CC(NC(=O)c2cc(C)nc3c(C)c(C)ccc23)CC1=O. The molecule has 1 fully saturated rings. The molecule has 2 aromatic rings. The summed E-state index contributed by atoms with van der Waals surface area (Å²) in [7, 11) is 1.61. The lowest BCUT2D eigenvalue weighted by Gasteiger charge is -2.17. The number of rotatable bonds is 5. The summed E-state index contributed by atoms with van der Waals surface area (Å²) >= 11 is 0. The van der Waals surface area contributed by atoms with Gasteiger partial charge >= 0.3 is 0 Å². The van der Waals surface area contributed by atoms with Gasteiger partial charge in [-0.2, -0.15) is 0 Å². The van der Waals surface area contributed by atoms with Crippen LogP contribution in [-0.2, 0) is 9.53 Å². The average molecular weight is 355 g/mol. The molecule has 0 spiro atoms. The van der Waals surface area contributed by atoms with Crippen molar-refractivity contribution in [2.75, 3.05) is 26.8 Å². The lowest BCUT2D eigenvalue weighted by atomic mass is 10.0. The quantitative estimate of drug-likeness (QED) is 0.892. The standard InChI is InChI=1S/C20H25N3O3/c1-12-5-6-16-17(9-13(2)21-19(16)14(12)3)20(25)22-15-10-18(24)23(11-15)7-8-26-4/h5-6,9,15H,7-8,10-11H2,1-4H3,(H,22,25). The van der Waals surface area contributed by atoms with Crippen LogP contribution in [0.1, 0.15) is 33.6 Å². The van der Waals surface area contributed by atoms with Crippen molar-refractivity contribution in [1.29, 1.82) is 0 Å². The number of pyridine rings is 1. The first-order valence-electron chi connectivity index (χ1n) is 8.86. The van der Waals surface area contributed by atoms with Crippen LogP contribution in [0, 0.1) is 20.8 Å². The number of hydrogen-bond donors (Lipinski definition) is 1. The fraction of sp³-hybridized carbons (Fsp3) is 0.450. The molecular formula is C20H25N3O3. The van der Waals surface area contributed by atoms with Gasteiger partial charge in [-0.15, -0.1) is 0 Å². The minimum atomic E-state index is -0.179. The van der Waals surface area contributed by atoms with Crippen molar-refractivity contribution >= 4 is 22.7 Å². The maximum Gasteiger partial charge on any atom is 0.252 e. The Balaban J connectivity index is 1.83. The molecule has 1 aliphatic rings. The highest BCUT2D eigenvalue weighted by atomic mass is 16.5. The van der Waals surface area contributed by atoms with Crippen molar-refractivity contribution < 1.29 is 14.3 Å². The van der Waals surface area contributed by atoms with Gasteiger partial charge in [-0.1, -0.05) is 12.1 Å². The Morgan fingerprint density at radius 1 is 1.35 bits per heavy atom. The summed E-state index contributed by atoms with van der Waals surface area (Å²) in [5.74, 6) is -0.107. The van der Waals surface area contributed by atoms with Crippen molar-refractivity contribution in [3.8, 4) is 0 Å². The molecule has 138 valence electrons. The van der Waals surface area contributed by atoms with E-state index in [0.717, 1.165) is 27.7 Å². The van der Waals surface area contributed by atoms with Crippen LogP contribution in [0.15, 0.2) is 18.2 Å². The van der Waals surface area contributed by atoms with E-state index in [2.05, 4.69) is 10.3 Å². The number of aromatic nitrogens is 1. The number of aryl methyl sites for hydroxylation is 3. The highest BCUT2D eigenvalue weighted by Crippen LogP contribution is 2.24. The van der Waals surface area contributed by atoms with Gasteiger partial charge in [0.15, 0.2) is 0 Å². The van der Waals surface area contributed by atoms with Crippen LogP contribution in [0.25, 0.3) is 10.9 Å². The molecule has 3 rings (SSSR count). The third-order valence-corrected chi connectivity index (χ3v) is 4.99. The summed E-state index contributed by atoms with van der Waals surface area (Å²) in [6.45, 7) is 7.53. The van der Waals surface area contributed by atoms with Crippen molar-refractivity contribution in [3.63, 3.8) is 0 Å². The van der Waals surface area contributed by atoms with Crippen LogP contribution in [0.5, 0.6) is 0 Å². The average Bonchev–Trinajstić information content (AvgIpc) is 2.95. The fourth-order valence-corrected chi connectivity index (χ4v) is 3.40. The molecule has 1 atom stereocenters. The number of fused-ring (bicyclic) bond motifs is 1. The van der Waals surface area contributed by atoms with Gasteiger partial charge < -0.3 is 15.0 Å². The molecule has 1 N–H and O–H groups in total. The van der Waals surface area contributed by atoms with E-state index in [1.165, 1.54) is 0 Å². The summed E-state index contributed by atoms with van der Waals surface area (Å²) in [6.07, 6.45) is 0.329. The van der Waals surface area contributed by atoms with E-state index >= 15 is 0 Å². The molecule has 6 nitrogen and oxygen atoms in total. The number of likely N-dealkylation sites (tertiary alicyclic amines) is 1. The van der Waals surface area contributed by atoms with Crippen LogP contribution >= 0.6 is 0 Å². The molecule has 1 aromatic carbocycles. The molecule has 2 amide bonds. The zero-order chi connectivity index (χ0) is 18.8. The Morgan fingerprint density at radius 2 is 2.12 bits per heavy atom. The monoisotopic (exact) mass is 355 g/mol. The third-order valence-electron chi connectivity index (χ3n) is 4.99. The van der Waals surface area contributed by atoms with Gasteiger partial charge in [0.2, 0.25) is 5.91 Å². The predicted molar refractivity (Wildman–Crippen MR) is 100 cm³/mol. The van der Waals surface area contributed by atoms with E-state index < -0.39 is 0 Å². The molecule has 0 aliphatic carbocycles. The number of amides is 2. The molecule has 1 unspecified atom stereocenters. The van der Waals surface area contributed by atoms with Gasteiger partial charge in [0.05, 0.1) is 23.7 Å². The van der Waals surface area contributed by atoms with Crippen molar-refractivity contribution in [3.05, 3.63) is 40.6 Å². The number of carbonyl (C=O) groups is 2. The van der Waals surface area contributed by atoms with Gasteiger partial charge in [0, 0.05) is 37.7 Å². The smallest absolute Gasteiger partial charge is 0.252 e. The number of hydrogen-bond acceptors (Lipinski definition) is 4. The number of nitrogens with one attached hydrogen (secondary N) is 1. The molecule has 0 radical (unpaired) electrons. The van der Waals surface area contributed by atoms with Crippen LogP contribution < -0.4 is 5.32 Å². The topological polar surface area (TPSA) is 71.5 Å². The summed E-state index contributed by atoms with van der Waals surface area (Å²) in [5.41, 5.74) is 4.51. The summed E-state index contributed by atoms with van der Waals surface area (Å²) in [4.78, 5) is 31.3.